The number of fused-ring (bicyclic) bond motifs is 1. The van der Waals surface area contributed by atoms with Crippen LogP contribution in [0.1, 0.15) is 38.1 Å². The summed E-state index contributed by atoms with van der Waals surface area (Å²) in [5.74, 6) is 0.590. The number of aromatic nitrogens is 2. The molecule has 0 amide bonds. The number of para-hydroxylation sites is 2. The largest absolute Gasteiger partial charge is 0.393 e. The second-order valence-corrected chi connectivity index (χ2v) is 6.47. The third-order valence-electron chi connectivity index (χ3n) is 4.69. The van der Waals surface area contributed by atoms with Gasteiger partial charge in [0.05, 0.1) is 23.7 Å². The van der Waals surface area contributed by atoms with Crippen LogP contribution in [0, 0.1) is 5.92 Å². The van der Waals surface area contributed by atoms with Gasteiger partial charge in [-0.2, -0.15) is 8.78 Å². The van der Waals surface area contributed by atoms with Gasteiger partial charge >= 0.3 is 6.55 Å². The highest BCUT2D eigenvalue weighted by Gasteiger charge is 2.25. The van der Waals surface area contributed by atoms with Gasteiger partial charge in [-0.15, -0.1) is 0 Å². The van der Waals surface area contributed by atoms with Crippen molar-refractivity contribution in [1.29, 1.82) is 0 Å². The van der Waals surface area contributed by atoms with E-state index in [4.69, 9.17) is 0 Å². The molecule has 2 aromatic rings. The zero-order valence-electron chi connectivity index (χ0n) is 13.3. The van der Waals surface area contributed by atoms with E-state index in [2.05, 4.69) is 4.98 Å². The summed E-state index contributed by atoms with van der Waals surface area (Å²) in [4.78, 5) is 6.35. The third-order valence-corrected chi connectivity index (χ3v) is 4.69. The molecule has 23 heavy (non-hydrogen) atoms. The fourth-order valence-corrected chi connectivity index (χ4v) is 3.53. The molecule has 0 spiro atoms. The average molecular weight is 323 g/mol. The van der Waals surface area contributed by atoms with Gasteiger partial charge in [0, 0.05) is 6.54 Å². The highest BCUT2D eigenvalue weighted by atomic mass is 19.3. The number of halogens is 2. The predicted octanol–water partition coefficient (Wildman–Crippen LogP) is 3.41. The maximum absolute atomic E-state index is 13.4. The topological polar surface area (TPSA) is 41.3 Å². The van der Waals surface area contributed by atoms with Gasteiger partial charge in [0.1, 0.15) is 5.82 Å². The van der Waals surface area contributed by atoms with E-state index in [-0.39, 0.29) is 12.0 Å². The van der Waals surface area contributed by atoms with Crippen molar-refractivity contribution < 1.29 is 13.9 Å². The third kappa shape index (κ3) is 3.53. The maximum atomic E-state index is 13.4. The molecule has 1 aromatic carbocycles. The molecular weight excluding hydrogens is 300 g/mol. The van der Waals surface area contributed by atoms with E-state index >= 15 is 0 Å². The van der Waals surface area contributed by atoms with Gasteiger partial charge in [-0.1, -0.05) is 25.0 Å². The highest BCUT2D eigenvalue weighted by molar-refractivity contribution is 5.75. The fourth-order valence-electron chi connectivity index (χ4n) is 3.53. The standard InChI is InChI=1S/C17H23F2N3O/c1-21(10-12-6-2-5-9-15(12)23)11-16-20-13-7-3-4-8-14(13)22(16)17(18)19/h3-4,7-8,12,15,17,23H,2,5-6,9-11H2,1H3. The Hall–Kier alpha value is -1.53. The monoisotopic (exact) mass is 323 g/mol. The SMILES string of the molecule is CN(Cc1nc2ccccc2n1C(F)F)CC1CCCCC1O. The second kappa shape index (κ2) is 6.93. The Kier molecular flexibility index (Phi) is 4.92. The number of imidazole rings is 1. The molecule has 4 nitrogen and oxygen atoms in total. The summed E-state index contributed by atoms with van der Waals surface area (Å²) in [7, 11) is 1.90. The fraction of sp³-hybridized carbons (Fsp3) is 0.588. The van der Waals surface area contributed by atoms with Crippen LogP contribution in [0.3, 0.4) is 0 Å². The summed E-state index contributed by atoms with van der Waals surface area (Å²) in [6, 6.07) is 6.97. The van der Waals surface area contributed by atoms with Gasteiger partial charge < -0.3 is 5.11 Å². The van der Waals surface area contributed by atoms with E-state index in [9.17, 15) is 13.9 Å². The van der Waals surface area contributed by atoms with Crippen molar-refractivity contribution in [3.8, 4) is 0 Å². The second-order valence-electron chi connectivity index (χ2n) is 6.47. The van der Waals surface area contributed by atoms with Crippen molar-refractivity contribution in [1.82, 2.24) is 14.5 Å². The summed E-state index contributed by atoms with van der Waals surface area (Å²) in [6.45, 7) is -1.55. The van der Waals surface area contributed by atoms with Gasteiger partial charge in [-0.3, -0.25) is 9.47 Å². The molecule has 0 aliphatic heterocycles. The number of rotatable bonds is 5. The molecule has 1 aromatic heterocycles. The molecule has 1 saturated carbocycles. The molecule has 2 unspecified atom stereocenters. The smallest absolute Gasteiger partial charge is 0.320 e. The molecule has 0 bridgehead atoms. The van der Waals surface area contributed by atoms with Crippen molar-refractivity contribution in [3.63, 3.8) is 0 Å². The Balaban J connectivity index is 1.76. The van der Waals surface area contributed by atoms with E-state index < -0.39 is 6.55 Å². The van der Waals surface area contributed by atoms with Crippen LogP contribution in [0.2, 0.25) is 0 Å². The molecular formula is C17H23F2N3O. The lowest BCUT2D eigenvalue weighted by atomic mass is 9.86. The molecule has 0 radical (unpaired) electrons. The minimum Gasteiger partial charge on any atom is -0.393 e. The van der Waals surface area contributed by atoms with Crippen LogP contribution in [0.4, 0.5) is 8.78 Å². The van der Waals surface area contributed by atoms with Crippen LogP contribution in [0.25, 0.3) is 11.0 Å². The van der Waals surface area contributed by atoms with E-state index in [1.807, 2.05) is 11.9 Å². The first-order valence-corrected chi connectivity index (χ1v) is 8.17. The first-order valence-electron chi connectivity index (χ1n) is 8.17. The van der Waals surface area contributed by atoms with E-state index in [1.165, 1.54) is 0 Å². The Labute approximate surface area is 134 Å². The van der Waals surface area contributed by atoms with E-state index in [0.717, 1.165) is 30.3 Å². The molecule has 1 aliphatic rings. The number of benzene rings is 1. The lowest BCUT2D eigenvalue weighted by molar-refractivity contribution is 0.0459. The minimum atomic E-state index is -2.61. The minimum absolute atomic E-state index is 0.220. The molecule has 1 heterocycles. The molecule has 6 heteroatoms. The summed E-state index contributed by atoms with van der Waals surface area (Å²) in [5, 5.41) is 10.1. The highest BCUT2D eigenvalue weighted by Crippen LogP contribution is 2.27. The first-order chi connectivity index (χ1) is 11.1. The number of aliphatic hydroxyl groups excluding tert-OH is 1. The summed E-state index contributed by atoms with van der Waals surface area (Å²) >= 11 is 0. The summed E-state index contributed by atoms with van der Waals surface area (Å²) < 4.78 is 27.9. The zero-order valence-corrected chi connectivity index (χ0v) is 13.3. The summed E-state index contributed by atoms with van der Waals surface area (Å²) in [6.07, 6.45) is 3.76. The number of alkyl halides is 2. The Morgan fingerprint density at radius 3 is 2.78 bits per heavy atom. The van der Waals surface area contributed by atoms with Gasteiger partial charge in [0.2, 0.25) is 0 Å². The molecule has 1 fully saturated rings. The summed E-state index contributed by atoms with van der Waals surface area (Å²) in [5.41, 5.74) is 1.05. The van der Waals surface area contributed by atoms with Crippen LogP contribution in [0.15, 0.2) is 24.3 Å². The number of hydrogen-bond acceptors (Lipinski definition) is 3. The first kappa shape index (κ1) is 16.3. The molecule has 2 atom stereocenters. The molecule has 0 saturated heterocycles. The maximum Gasteiger partial charge on any atom is 0.320 e. The van der Waals surface area contributed by atoms with E-state index in [1.54, 1.807) is 24.3 Å². The van der Waals surface area contributed by atoms with Crippen LogP contribution in [-0.2, 0) is 6.54 Å². The van der Waals surface area contributed by atoms with E-state index in [0.29, 0.717) is 29.9 Å². The predicted molar refractivity (Wildman–Crippen MR) is 85.3 cm³/mol. The van der Waals surface area contributed by atoms with Crippen molar-refractivity contribution in [3.05, 3.63) is 30.1 Å². The van der Waals surface area contributed by atoms with Crippen LogP contribution >= 0.6 is 0 Å². The van der Waals surface area contributed by atoms with Crippen LogP contribution in [0.5, 0.6) is 0 Å². The van der Waals surface area contributed by atoms with Gasteiger partial charge in [-0.25, -0.2) is 4.98 Å². The number of hydrogen-bond donors (Lipinski definition) is 1. The van der Waals surface area contributed by atoms with Gasteiger partial charge in [0.15, 0.2) is 0 Å². The zero-order chi connectivity index (χ0) is 16.4. The average Bonchev–Trinajstić information content (AvgIpc) is 2.87. The van der Waals surface area contributed by atoms with Crippen molar-refractivity contribution in [2.45, 2.75) is 44.9 Å². The van der Waals surface area contributed by atoms with Crippen LogP contribution < -0.4 is 0 Å². The molecule has 1 N–H and O–H groups in total. The lowest BCUT2D eigenvalue weighted by Gasteiger charge is -2.31. The number of nitrogens with zero attached hydrogens (tertiary/aromatic N) is 3. The molecule has 126 valence electrons. The Morgan fingerprint density at radius 1 is 1.30 bits per heavy atom. The molecule has 3 rings (SSSR count). The number of aliphatic hydroxyl groups is 1. The molecule has 1 aliphatic carbocycles. The quantitative estimate of drug-likeness (QED) is 0.917. The lowest BCUT2D eigenvalue weighted by Crippen LogP contribution is -2.35. The normalized spacial score (nSPS) is 22.3. The Bertz CT molecular complexity index is 658. The van der Waals surface area contributed by atoms with Crippen LogP contribution in [-0.4, -0.2) is 39.3 Å². The van der Waals surface area contributed by atoms with Crippen molar-refractivity contribution in [2.24, 2.45) is 5.92 Å². The van der Waals surface area contributed by atoms with Crippen molar-refractivity contribution in [2.75, 3.05) is 13.6 Å². The van der Waals surface area contributed by atoms with Gasteiger partial charge in [0.25, 0.3) is 0 Å². The van der Waals surface area contributed by atoms with Gasteiger partial charge in [-0.05, 0) is 37.9 Å². The Morgan fingerprint density at radius 2 is 2.04 bits per heavy atom. The van der Waals surface area contributed by atoms with Crippen molar-refractivity contribution >= 4 is 11.0 Å².